The van der Waals surface area contributed by atoms with Crippen LogP contribution in [-0.4, -0.2) is 34.7 Å². The van der Waals surface area contributed by atoms with Crippen LogP contribution in [0.5, 0.6) is 0 Å². The van der Waals surface area contributed by atoms with Crippen LogP contribution in [0.3, 0.4) is 0 Å². The minimum Gasteiger partial charge on any atom is -0.395 e. The molecule has 0 aliphatic rings. The van der Waals surface area contributed by atoms with E-state index >= 15 is 0 Å². The Morgan fingerprint density at radius 2 is 2.21 bits per heavy atom. The van der Waals surface area contributed by atoms with E-state index in [0.717, 1.165) is 11.1 Å². The van der Waals surface area contributed by atoms with Gasteiger partial charge in [-0.3, -0.25) is 10.1 Å². The third-order valence-electron chi connectivity index (χ3n) is 3.01. The number of hydrogen-bond donors (Lipinski definition) is 1. The quantitative estimate of drug-likeness (QED) is 0.657. The number of aromatic nitrogens is 1. The SMILES string of the molecule is CCN(CCO)c1ccc([N+](=O)[O-])c2ncccc12. The fourth-order valence-corrected chi connectivity index (χ4v) is 2.14. The molecular weight excluding hydrogens is 246 g/mol. The van der Waals surface area contributed by atoms with E-state index in [1.54, 1.807) is 18.3 Å². The van der Waals surface area contributed by atoms with Crippen LogP contribution < -0.4 is 4.90 Å². The van der Waals surface area contributed by atoms with Gasteiger partial charge in [-0.15, -0.1) is 0 Å². The molecule has 19 heavy (non-hydrogen) atoms. The van der Waals surface area contributed by atoms with E-state index in [2.05, 4.69) is 4.98 Å². The van der Waals surface area contributed by atoms with Crippen LogP contribution in [0.1, 0.15) is 6.92 Å². The lowest BCUT2D eigenvalue weighted by molar-refractivity contribution is -0.383. The molecule has 1 aromatic heterocycles. The largest absolute Gasteiger partial charge is 0.395 e. The van der Waals surface area contributed by atoms with Crippen LogP contribution in [0.4, 0.5) is 11.4 Å². The summed E-state index contributed by atoms with van der Waals surface area (Å²) in [7, 11) is 0. The molecule has 1 heterocycles. The number of pyridine rings is 1. The maximum atomic E-state index is 11.0. The van der Waals surface area contributed by atoms with Gasteiger partial charge in [-0.05, 0) is 25.1 Å². The molecule has 100 valence electrons. The van der Waals surface area contributed by atoms with Crippen LogP contribution in [0.2, 0.25) is 0 Å². The number of benzene rings is 1. The minimum atomic E-state index is -0.429. The van der Waals surface area contributed by atoms with Gasteiger partial charge in [0.25, 0.3) is 5.69 Å². The molecule has 0 unspecified atom stereocenters. The molecule has 0 spiro atoms. The monoisotopic (exact) mass is 261 g/mol. The molecule has 0 radical (unpaired) electrons. The average molecular weight is 261 g/mol. The summed E-state index contributed by atoms with van der Waals surface area (Å²) in [6.45, 7) is 3.20. The first-order valence-electron chi connectivity index (χ1n) is 6.07. The van der Waals surface area contributed by atoms with Crippen molar-refractivity contribution in [2.75, 3.05) is 24.6 Å². The number of non-ortho nitro benzene ring substituents is 1. The van der Waals surface area contributed by atoms with E-state index in [1.807, 2.05) is 17.9 Å². The molecule has 0 aliphatic carbocycles. The summed E-state index contributed by atoms with van der Waals surface area (Å²) in [6.07, 6.45) is 1.54. The first-order chi connectivity index (χ1) is 9.19. The number of anilines is 1. The number of nitro benzene ring substituents is 1. The van der Waals surface area contributed by atoms with E-state index < -0.39 is 4.92 Å². The van der Waals surface area contributed by atoms with Gasteiger partial charge in [0.2, 0.25) is 0 Å². The highest BCUT2D eigenvalue weighted by atomic mass is 16.6. The molecule has 0 atom stereocenters. The Labute approximate surface area is 110 Å². The van der Waals surface area contributed by atoms with Crippen molar-refractivity contribution in [3.63, 3.8) is 0 Å². The number of nitrogens with zero attached hydrogens (tertiary/aromatic N) is 3. The minimum absolute atomic E-state index is 0.000554. The third kappa shape index (κ3) is 2.48. The van der Waals surface area contributed by atoms with Crippen molar-refractivity contribution in [3.05, 3.63) is 40.6 Å². The molecule has 0 saturated carbocycles. The number of rotatable bonds is 5. The lowest BCUT2D eigenvalue weighted by atomic mass is 10.1. The second-order valence-electron chi connectivity index (χ2n) is 4.06. The van der Waals surface area contributed by atoms with Gasteiger partial charge in [0, 0.05) is 36.4 Å². The molecule has 0 amide bonds. The van der Waals surface area contributed by atoms with Gasteiger partial charge in [-0.1, -0.05) is 0 Å². The van der Waals surface area contributed by atoms with Crippen molar-refractivity contribution in [2.45, 2.75) is 6.92 Å². The maximum Gasteiger partial charge on any atom is 0.295 e. The number of aliphatic hydroxyl groups excluding tert-OH is 1. The van der Waals surface area contributed by atoms with E-state index in [9.17, 15) is 10.1 Å². The summed E-state index contributed by atoms with van der Waals surface area (Å²) < 4.78 is 0. The summed E-state index contributed by atoms with van der Waals surface area (Å²) in [5.41, 5.74) is 1.23. The van der Waals surface area contributed by atoms with Gasteiger partial charge in [-0.2, -0.15) is 0 Å². The van der Waals surface area contributed by atoms with E-state index in [-0.39, 0.29) is 12.3 Å². The van der Waals surface area contributed by atoms with Crippen LogP contribution in [0, 0.1) is 10.1 Å². The Kier molecular flexibility index (Phi) is 3.91. The van der Waals surface area contributed by atoms with Crippen LogP contribution in [0.25, 0.3) is 10.9 Å². The highest BCUT2D eigenvalue weighted by Gasteiger charge is 2.17. The molecule has 6 nitrogen and oxygen atoms in total. The van der Waals surface area contributed by atoms with Crippen LogP contribution in [-0.2, 0) is 0 Å². The van der Waals surface area contributed by atoms with Gasteiger partial charge in [0.15, 0.2) is 0 Å². The average Bonchev–Trinajstić information content (AvgIpc) is 2.43. The number of nitro groups is 1. The standard InChI is InChI=1S/C13H15N3O3/c1-2-15(8-9-17)11-5-6-12(16(18)19)13-10(11)4-3-7-14-13/h3-7,17H,2,8-9H2,1H3. The highest BCUT2D eigenvalue weighted by molar-refractivity contribution is 5.97. The Bertz CT molecular complexity index is 601. The Hall–Kier alpha value is -2.21. The fraction of sp³-hybridized carbons (Fsp3) is 0.308. The van der Waals surface area contributed by atoms with Crippen LogP contribution >= 0.6 is 0 Å². The van der Waals surface area contributed by atoms with Gasteiger partial charge in [0.1, 0.15) is 5.52 Å². The molecule has 1 N–H and O–H groups in total. The molecule has 0 bridgehead atoms. The first-order valence-corrected chi connectivity index (χ1v) is 6.07. The predicted octanol–water partition coefficient (Wildman–Crippen LogP) is 1.96. The zero-order chi connectivity index (χ0) is 13.8. The molecule has 6 heteroatoms. The zero-order valence-corrected chi connectivity index (χ0v) is 10.6. The van der Waals surface area contributed by atoms with E-state index in [0.29, 0.717) is 18.6 Å². The summed E-state index contributed by atoms with van der Waals surface area (Å²) in [6, 6.07) is 6.74. The van der Waals surface area contributed by atoms with Crippen LogP contribution in [0.15, 0.2) is 30.5 Å². The lowest BCUT2D eigenvalue weighted by Gasteiger charge is -2.23. The number of likely N-dealkylation sites (N-methyl/N-ethyl adjacent to an activating group) is 1. The molecular formula is C13H15N3O3. The van der Waals surface area contributed by atoms with Crippen molar-refractivity contribution in [1.82, 2.24) is 4.98 Å². The maximum absolute atomic E-state index is 11.0. The van der Waals surface area contributed by atoms with Gasteiger partial charge < -0.3 is 10.0 Å². The smallest absolute Gasteiger partial charge is 0.295 e. The van der Waals surface area contributed by atoms with Crippen molar-refractivity contribution < 1.29 is 10.0 Å². The lowest BCUT2D eigenvalue weighted by Crippen LogP contribution is -2.26. The Balaban J connectivity index is 2.64. The molecule has 0 aliphatic heterocycles. The Morgan fingerprint density at radius 3 is 2.84 bits per heavy atom. The molecule has 0 fully saturated rings. The number of hydrogen-bond acceptors (Lipinski definition) is 5. The van der Waals surface area contributed by atoms with E-state index in [1.165, 1.54) is 6.07 Å². The van der Waals surface area contributed by atoms with Crippen molar-refractivity contribution in [1.29, 1.82) is 0 Å². The fourth-order valence-electron chi connectivity index (χ4n) is 2.14. The topological polar surface area (TPSA) is 79.5 Å². The van der Waals surface area contributed by atoms with Gasteiger partial charge >= 0.3 is 0 Å². The summed E-state index contributed by atoms with van der Waals surface area (Å²) in [5, 5.41) is 20.8. The second-order valence-corrected chi connectivity index (χ2v) is 4.06. The highest BCUT2D eigenvalue weighted by Crippen LogP contribution is 2.31. The number of aliphatic hydroxyl groups is 1. The van der Waals surface area contributed by atoms with Crippen molar-refractivity contribution >= 4 is 22.3 Å². The van der Waals surface area contributed by atoms with Gasteiger partial charge in [-0.25, -0.2) is 4.98 Å². The zero-order valence-electron chi connectivity index (χ0n) is 10.6. The normalized spacial score (nSPS) is 10.6. The first kappa shape index (κ1) is 13.2. The van der Waals surface area contributed by atoms with Crippen molar-refractivity contribution in [2.24, 2.45) is 0 Å². The molecule has 0 saturated heterocycles. The molecule has 1 aromatic carbocycles. The third-order valence-corrected chi connectivity index (χ3v) is 3.01. The summed E-state index contributed by atoms with van der Waals surface area (Å²) in [4.78, 5) is 16.6. The summed E-state index contributed by atoms with van der Waals surface area (Å²) in [5.74, 6) is 0. The van der Waals surface area contributed by atoms with E-state index in [4.69, 9.17) is 5.11 Å². The summed E-state index contributed by atoms with van der Waals surface area (Å²) >= 11 is 0. The molecule has 2 aromatic rings. The second kappa shape index (κ2) is 5.62. The predicted molar refractivity (Wildman–Crippen MR) is 73.4 cm³/mol. The van der Waals surface area contributed by atoms with Gasteiger partial charge in [0.05, 0.1) is 11.5 Å². The van der Waals surface area contributed by atoms with Crippen molar-refractivity contribution in [3.8, 4) is 0 Å². The number of fused-ring (bicyclic) bond motifs is 1. The molecule has 2 rings (SSSR count). The Morgan fingerprint density at radius 1 is 1.42 bits per heavy atom.